The van der Waals surface area contributed by atoms with E-state index in [0.29, 0.717) is 11.5 Å². The number of hydrogen-bond donors (Lipinski definition) is 1. The van der Waals surface area contributed by atoms with E-state index in [1.807, 2.05) is 24.3 Å². The van der Waals surface area contributed by atoms with Gasteiger partial charge in [0.05, 0.1) is 24.5 Å². The predicted molar refractivity (Wildman–Crippen MR) is 93.9 cm³/mol. The van der Waals surface area contributed by atoms with Crippen molar-refractivity contribution in [2.24, 2.45) is 0 Å². The molecule has 7 nitrogen and oxygen atoms in total. The van der Waals surface area contributed by atoms with E-state index in [-0.39, 0.29) is 24.5 Å². The van der Waals surface area contributed by atoms with Gasteiger partial charge in [-0.1, -0.05) is 12.1 Å². The number of benzene rings is 1. The minimum atomic E-state index is -0.554. The Hall–Kier alpha value is -2.74. The normalized spacial score (nSPS) is 15.8. The quantitative estimate of drug-likeness (QED) is 0.803. The Labute approximate surface area is 154 Å². The highest BCUT2D eigenvalue weighted by Gasteiger charge is 2.29. The zero-order valence-corrected chi connectivity index (χ0v) is 15.1. The number of esters is 2. The molecule has 1 aromatic heterocycles. The maximum atomic E-state index is 12.1. The minimum Gasteiger partial charge on any atom is -0.465 e. The summed E-state index contributed by atoms with van der Waals surface area (Å²) in [7, 11) is 1.28. The van der Waals surface area contributed by atoms with Gasteiger partial charge < -0.3 is 19.2 Å². The van der Waals surface area contributed by atoms with Gasteiger partial charge in [0.15, 0.2) is 0 Å². The number of carbonyl (C=O) groups is 3. The number of amides is 1. The Bertz CT molecular complexity index is 859. The maximum absolute atomic E-state index is 12.1. The summed E-state index contributed by atoms with van der Waals surface area (Å²) in [5.41, 5.74) is 1.03. The summed E-state index contributed by atoms with van der Waals surface area (Å²) in [5, 5.41) is 2.23. The number of rotatable bonds is 5. The second-order valence-electron chi connectivity index (χ2n) is 5.63. The van der Waals surface area contributed by atoms with Crippen LogP contribution >= 0.6 is 11.8 Å². The van der Waals surface area contributed by atoms with Crippen LogP contribution in [-0.2, 0) is 25.7 Å². The Kier molecular flexibility index (Phi) is 5.32. The van der Waals surface area contributed by atoms with E-state index in [1.165, 1.54) is 24.9 Å². The predicted octanol–water partition coefficient (Wildman–Crippen LogP) is 2.92. The zero-order chi connectivity index (χ0) is 18.7. The molecule has 0 aliphatic carbocycles. The SMILES string of the molecule is COC(=O)c1cc(COC(=O)C[C@H]2Sc3ccccc3NC2=O)oc1C. The van der Waals surface area contributed by atoms with Gasteiger partial charge in [-0.05, 0) is 25.1 Å². The molecule has 0 fully saturated rings. The van der Waals surface area contributed by atoms with E-state index in [4.69, 9.17) is 9.15 Å². The fourth-order valence-corrected chi connectivity index (χ4v) is 3.61. The first-order chi connectivity index (χ1) is 12.5. The highest BCUT2D eigenvalue weighted by Crippen LogP contribution is 2.36. The van der Waals surface area contributed by atoms with Gasteiger partial charge >= 0.3 is 11.9 Å². The summed E-state index contributed by atoms with van der Waals surface area (Å²) in [4.78, 5) is 36.6. The van der Waals surface area contributed by atoms with Crippen LogP contribution in [0.5, 0.6) is 0 Å². The van der Waals surface area contributed by atoms with Gasteiger partial charge in [-0.25, -0.2) is 4.79 Å². The molecule has 1 amide bonds. The molecular formula is C18H17NO6S. The molecule has 2 heterocycles. The molecule has 0 spiro atoms. The van der Waals surface area contributed by atoms with Crippen molar-refractivity contribution >= 4 is 35.3 Å². The Morgan fingerprint density at radius 3 is 2.85 bits per heavy atom. The summed E-state index contributed by atoms with van der Waals surface area (Å²) >= 11 is 1.33. The third-order valence-electron chi connectivity index (χ3n) is 3.81. The van der Waals surface area contributed by atoms with Gasteiger partial charge in [-0.2, -0.15) is 0 Å². The molecule has 136 valence electrons. The van der Waals surface area contributed by atoms with Crippen molar-refractivity contribution in [3.63, 3.8) is 0 Å². The van der Waals surface area contributed by atoms with Crippen LogP contribution in [0.1, 0.15) is 28.3 Å². The van der Waals surface area contributed by atoms with E-state index in [9.17, 15) is 14.4 Å². The Morgan fingerprint density at radius 1 is 1.31 bits per heavy atom. The van der Waals surface area contributed by atoms with E-state index in [0.717, 1.165) is 10.6 Å². The van der Waals surface area contributed by atoms with E-state index in [1.54, 1.807) is 6.92 Å². The van der Waals surface area contributed by atoms with Crippen molar-refractivity contribution < 1.29 is 28.3 Å². The Balaban J connectivity index is 1.56. The molecule has 1 N–H and O–H groups in total. The van der Waals surface area contributed by atoms with Crippen LogP contribution in [0.2, 0.25) is 0 Å². The highest BCUT2D eigenvalue weighted by molar-refractivity contribution is 8.01. The number of thioether (sulfide) groups is 1. The molecule has 0 unspecified atom stereocenters. The number of furan rings is 1. The van der Waals surface area contributed by atoms with E-state index >= 15 is 0 Å². The molecule has 1 aromatic carbocycles. The fraction of sp³-hybridized carbons (Fsp3) is 0.278. The molecule has 0 bridgehead atoms. The van der Waals surface area contributed by atoms with Crippen molar-refractivity contribution in [3.8, 4) is 0 Å². The lowest BCUT2D eigenvalue weighted by Crippen LogP contribution is -2.31. The number of carbonyl (C=O) groups excluding carboxylic acids is 3. The van der Waals surface area contributed by atoms with Crippen LogP contribution in [0.3, 0.4) is 0 Å². The first-order valence-electron chi connectivity index (χ1n) is 7.87. The second-order valence-corrected chi connectivity index (χ2v) is 6.88. The van der Waals surface area contributed by atoms with E-state index in [2.05, 4.69) is 10.1 Å². The second kappa shape index (κ2) is 7.65. The molecule has 1 aliphatic rings. The number of hydrogen-bond acceptors (Lipinski definition) is 7. The van der Waals surface area contributed by atoms with Crippen LogP contribution in [0.4, 0.5) is 5.69 Å². The van der Waals surface area contributed by atoms with Crippen LogP contribution in [0.25, 0.3) is 0 Å². The molecule has 0 saturated carbocycles. The lowest BCUT2D eigenvalue weighted by Gasteiger charge is -2.23. The molecule has 0 saturated heterocycles. The van der Waals surface area contributed by atoms with Crippen LogP contribution in [-0.4, -0.2) is 30.2 Å². The Morgan fingerprint density at radius 2 is 2.08 bits per heavy atom. The fourth-order valence-electron chi connectivity index (χ4n) is 2.52. The molecule has 1 atom stereocenters. The minimum absolute atomic E-state index is 0.0611. The maximum Gasteiger partial charge on any atom is 0.341 e. The molecule has 1 aliphatic heterocycles. The lowest BCUT2D eigenvalue weighted by atomic mass is 10.2. The van der Waals surface area contributed by atoms with Gasteiger partial charge in [0, 0.05) is 4.90 Å². The largest absolute Gasteiger partial charge is 0.465 e. The number of methoxy groups -OCH3 is 1. The number of anilines is 1. The molecule has 0 radical (unpaired) electrons. The van der Waals surface area contributed by atoms with Crippen LogP contribution < -0.4 is 5.32 Å². The van der Waals surface area contributed by atoms with E-state index < -0.39 is 17.2 Å². The summed E-state index contributed by atoms with van der Waals surface area (Å²) in [5.74, 6) is -0.542. The molecule has 26 heavy (non-hydrogen) atoms. The summed E-state index contributed by atoms with van der Waals surface area (Å²) in [6, 6.07) is 8.89. The number of aryl methyl sites for hydroxylation is 1. The summed E-state index contributed by atoms with van der Waals surface area (Å²) in [6.07, 6.45) is -0.0611. The van der Waals surface area contributed by atoms with Crippen molar-refractivity contribution in [1.82, 2.24) is 0 Å². The van der Waals surface area contributed by atoms with Gasteiger partial charge in [0.2, 0.25) is 5.91 Å². The van der Waals surface area contributed by atoms with Gasteiger partial charge in [-0.3, -0.25) is 9.59 Å². The monoisotopic (exact) mass is 375 g/mol. The number of ether oxygens (including phenoxy) is 2. The third kappa shape index (κ3) is 3.91. The zero-order valence-electron chi connectivity index (χ0n) is 14.2. The smallest absolute Gasteiger partial charge is 0.341 e. The average Bonchev–Trinajstić information content (AvgIpc) is 3.00. The van der Waals surface area contributed by atoms with Gasteiger partial charge in [0.1, 0.15) is 23.7 Å². The third-order valence-corrected chi connectivity index (χ3v) is 5.08. The molecule has 8 heteroatoms. The van der Waals surface area contributed by atoms with Crippen LogP contribution in [0.15, 0.2) is 39.6 Å². The van der Waals surface area contributed by atoms with Gasteiger partial charge in [-0.15, -0.1) is 11.8 Å². The standard InChI is InChI=1S/C18H17NO6S/c1-10-12(18(22)23-2)7-11(25-10)9-24-16(20)8-15-17(21)19-13-5-3-4-6-14(13)26-15/h3-7,15H,8-9H2,1-2H3,(H,19,21)/t15-/m1/s1. The number of para-hydroxylation sites is 1. The summed E-state index contributed by atoms with van der Waals surface area (Å²) in [6.45, 7) is 1.50. The van der Waals surface area contributed by atoms with Crippen LogP contribution in [0, 0.1) is 6.92 Å². The first-order valence-corrected chi connectivity index (χ1v) is 8.75. The molecule has 3 rings (SSSR count). The lowest BCUT2D eigenvalue weighted by molar-refractivity contribution is -0.146. The topological polar surface area (TPSA) is 94.8 Å². The molecule has 2 aromatic rings. The van der Waals surface area contributed by atoms with Gasteiger partial charge in [0.25, 0.3) is 0 Å². The van der Waals surface area contributed by atoms with Crippen molar-refractivity contribution in [1.29, 1.82) is 0 Å². The summed E-state index contributed by atoms with van der Waals surface area (Å²) < 4.78 is 15.2. The number of fused-ring (bicyclic) bond motifs is 1. The first kappa shape index (κ1) is 18.1. The van der Waals surface area contributed by atoms with Crippen molar-refractivity contribution in [2.75, 3.05) is 12.4 Å². The number of nitrogens with one attached hydrogen (secondary N) is 1. The average molecular weight is 375 g/mol. The molecular weight excluding hydrogens is 358 g/mol. The van der Waals surface area contributed by atoms with Crippen molar-refractivity contribution in [3.05, 3.63) is 47.4 Å². The highest BCUT2D eigenvalue weighted by atomic mass is 32.2. The van der Waals surface area contributed by atoms with Crippen molar-refractivity contribution in [2.45, 2.75) is 30.1 Å².